The maximum absolute atomic E-state index is 12.5. The minimum Gasteiger partial charge on any atom is -0.392 e. The van der Waals surface area contributed by atoms with Crippen LogP contribution in [0.1, 0.15) is 25.0 Å². The van der Waals surface area contributed by atoms with Gasteiger partial charge in [-0.2, -0.15) is 13.2 Å². The van der Waals surface area contributed by atoms with Crippen LogP contribution >= 0.6 is 0 Å². The molecule has 6 heteroatoms. The number of nitrogens with zero attached hydrogens (tertiary/aromatic N) is 1. The number of alkyl halides is 3. The van der Waals surface area contributed by atoms with E-state index in [2.05, 4.69) is 0 Å². The van der Waals surface area contributed by atoms with Crippen molar-refractivity contribution >= 4 is 5.91 Å². The highest BCUT2D eigenvalue weighted by atomic mass is 19.4. The number of likely N-dealkylation sites (N-methyl/N-ethyl adjacent to an activating group) is 1. The highest BCUT2D eigenvalue weighted by Crippen LogP contribution is 2.29. The fourth-order valence-electron chi connectivity index (χ4n) is 2.13. The third-order valence-electron chi connectivity index (χ3n) is 3.16. The summed E-state index contributed by atoms with van der Waals surface area (Å²) in [6, 6.07) is 4.82. The number of aliphatic hydroxyl groups is 1. The minimum atomic E-state index is -4.35. The second-order valence-electron chi connectivity index (χ2n) is 5.37. The van der Waals surface area contributed by atoms with Crippen molar-refractivity contribution in [2.24, 2.45) is 5.92 Å². The van der Waals surface area contributed by atoms with Crippen molar-refractivity contribution in [2.75, 3.05) is 13.6 Å². The van der Waals surface area contributed by atoms with Gasteiger partial charge in [0.2, 0.25) is 5.91 Å². The first kappa shape index (κ1) is 17.5. The van der Waals surface area contributed by atoms with Gasteiger partial charge in [0.05, 0.1) is 11.7 Å². The van der Waals surface area contributed by atoms with E-state index >= 15 is 0 Å². The maximum Gasteiger partial charge on any atom is 0.416 e. The van der Waals surface area contributed by atoms with Gasteiger partial charge < -0.3 is 10.0 Å². The second-order valence-corrected chi connectivity index (χ2v) is 5.37. The molecular formula is C15H20F3NO2. The molecule has 0 heterocycles. The summed E-state index contributed by atoms with van der Waals surface area (Å²) >= 11 is 0. The largest absolute Gasteiger partial charge is 0.416 e. The molecule has 1 N–H and O–H groups in total. The molecule has 0 aliphatic heterocycles. The number of benzene rings is 1. The van der Waals surface area contributed by atoms with Crippen LogP contribution in [0.15, 0.2) is 24.3 Å². The average Bonchev–Trinajstić information content (AvgIpc) is 2.36. The molecule has 3 nitrogen and oxygen atoms in total. The minimum absolute atomic E-state index is 0.143. The first-order valence-corrected chi connectivity index (χ1v) is 6.70. The van der Waals surface area contributed by atoms with Crippen LogP contribution in [0.4, 0.5) is 13.2 Å². The van der Waals surface area contributed by atoms with Gasteiger partial charge in [0.1, 0.15) is 0 Å². The molecule has 1 amide bonds. The summed E-state index contributed by atoms with van der Waals surface area (Å²) in [6.45, 7) is 3.54. The summed E-state index contributed by atoms with van der Waals surface area (Å²) in [5.41, 5.74) is -0.0225. The van der Waals surface area contributed by atoms with Gasteiger partial charge in [-0.25, -0.2) is 0 Å². The maximum atomic E-state index is 12.5. The van der Waals surface area contributed by atoms with Crippen molar-refractivity contribution in [1.29, 1.82) is 0 Å². The van der Waals surface area contributed by atoms with Crippen LogP contribution in [0.25, 0.3) is 0 Å². The highest BCUT2D eigenvalue weighted by Gasteiger charge is 2.30. The molecule has 0 aliphatic rings. The summed E-state index contributed by atoms with van der Waals surface area (Å²) in [7, 11) is 1.60. The lowest BCUT2D eigenvalue weighted by molar-refractivity contribution is -0.137. The molecule has 118 valence electrons. The van der Waals surface area contributed by atoms with Gasteiger partial charge in [0, 0.05) is 19.5 Å². The number of hydrogen-bond acceptors (Lipinski definition) is 2. The van der Waals surface area contributed by atoms with Gasteiger partial charge >= 0.3 is 6.18 Å². The first-order valence-electron chi connectivity index (χ1n) is 6.70. The lowest BCUT2D eigenvalue weighted by Gasteiger charge is -2.22. The van der Waals surface area contributed by atoms with Gasteiger partial charge in [0.15, 0.2) is 0 Å². The molecule has 2 atom stereocenters. The number of carbonyl (C=O) groups is 1. The zero-order valence-electron chi connectivity index (χ0n) is 12.3. The Labute approximate surface area is 122 Å². The third-order valence-corrected chi connectivity index (χ3v) is 3.16. The average molecular weight is 303 g/mol. The molecule has 1 unspecified atom stereocenters. The van der Waals surface area contributed by atoms with Crippen LogP contribution in [-0.4, -0.2) is 35.6 Å². The van der Waals surface area contributed by atoms with Crippen LogP contribution in [0.5, 0.6) is 0 Å². The topological polar surface area (TPSA) is 40.5 Å². The third kappa shape index (κ3) is 5.38. The van der Waals surface area contributed by atoms with Crippen molar-refractivity contribution < 1.29 is 23.1 Å². The quantitative estimate of drug-likeness (QED) is 0.908. The van der Waals surface area contributed by atoms with E-state index in [4.69, 9.17) is 0 Å². The molecule has 0 aromatic heterocycles. The molecule has 0 spiro atoms. The summed E-state index contributed by atoms with van der Waals surface area (Å²) < 4.78 is 37.4. The predicted octanol–water partition coefficient (Wildman–Crippen LogP) is 2.72. The number of aliphatic hydroxyl groups excluding tert-OH is 1. The molecule has 0 saturated carbocycles. The summed E-state index contributed by atoms with van der Waals surface area (Å²) in [4.78, 5) is 13.5. The smallest absolute Gasteiger partial charge is 0.392 e. The molecule has 1 aromatic carbocycles. The molecule has 21 heavy (non-hydrogen) atoms. The number of amides is 1. The SMILES string of the molecule is CC(Cc1ccc(C(F)(F)F)cc1)C(=O)N(C)C[C@H](C)O. The van der Waals surface area contributed by atoms with E-state index in [1.54, 1.807) is 20.9 Å². The zero-order chi connectivity index (χ0) is 16.2. The Kier molecular flexibility index (Phi) is 5.78. The summed E-state index contributed by atoms with van der Waals surface area (Å²) in [6.07, 6.45) is -4.60. The Morgan fingerprint density at radius 2 is 1.76 bits per heavy atom. The normalized spacial score (nSPS) is 14.6. The Bertz CT molecular complexity index is 469. The van der Waals surface area contributed by atoms with E-state index < -0.39 is 17.8 Å². The van der Waals surface area contributed by atoms with E-state index in [9.17, 15) is 23.1 Å². The van der Waals surface area contributed by atoms with E-state index in [-0.39, 0.29) is 18.4 Å². The van der Waals surface area contributed by atoms with Crippen LogP contribution in [-0.2, 0) is 17.4 Å². The van der Waals surface area contributed by atoms with Gasteiger partial charge in [-0.05, 0) is 31.0 Å². The first-order chi connectivity index (χ1) is 9.61. The Hall–Kier alpha value is -1.56. The van der Waals surface area contributed by atoms with E-state index in [1.165, 1.54) is 17.0 Å². The fraction of sp³-hybridized carbons (Fsp3) is 0.533. The predicted molar refractivity (Wildman–Crippen MR) is 73.6 cm³/mol. The molecule has 1 rings (SSSR count). The molecule has 1 aromatic rings. The second kappa shape index (κ2) is 6.93. The van der Waals surface area contributed by atoms with Gasteiger partial charge in [-0.3, -0.25) is 4.79 Å². The molecule has 0 fully saturated rings. The van der Waals surface area contributed by atoms with E-state index in [0.29, 0.717) is 12.0 Å². The molecule has 0 aliphatic carbocycles. The Balaban J connectivity index is 2.66. The van der Waals surface area contributed by atoms with Crippen LogP contribution in [0.2, 0.25) is 0 Å². The summed E-state index contributed by atoms with van der Waals surface area (Å²) in [5.74, 6) is -0.499. The van der Waals surface area contributed by atoms with Crippen LogP contribution in [0, 0.1) is 5.92 Å². The van der Waals surface area contributed by atoms with Crippen molar-refractivity contribution in [1.82, 2.24) is 4.90 Å². The van der Waals surface area contributed by atoms with Crippen molar-refractivity contribution in [3.8, 4) is 0 Å². The fourth-order valence-corrected chi connectivity index (χ4v) is 2.13. The van der Waals surface area contributed by atoms with Gasteiger partial charge in [-0.1, -0.05) is 19.1 Å². The van der Waals surface area contributed by atoms with E-state index in [1.807, 2.05) is 0 Å². The Morgan fingerprint density at radius 3 is 2.19 bits per heavy atom. The van der Waals surface area contributed by atoms with Crippen LogP contribution in [0.3, 0.4) is 0 Å². The molecule has 0 radical (unpaired) electrons. The number of rotatable bonds is 5. The Morgan fingerprint density at radius 1 is 1.24 bits per heavy atom. The monoisotopic (exact) mass is 303 g/mol. The zero-order valence-corrected chi connectivity index (χ0v) is 12.3. The molecular weight excluding hydrogens is 283 g/mol. The van der Waals surface area contributed by atoms with Crippen LogP contribution < -0.4 is 0 Å². The lowest BCUT2D eigenvalue weighted by atomic mass is 9.99. The highest BCUT2D eigenvalue weighted by molar-refractivity contribution is 5.78. The van der Waals surface area contributed by atoms with E-state index in [0.717, 1.165) is 12.1 Å². The molecule has 0 bridgehead atoms. The van der Waals surface area contributed by atoms with Crippen molar-refractivity contribution in [2.45, 2.75) is 32.5 Å². The molecule has 0 saturated heterocycles. The van der Waals surface area contributed by atoms with Gasteiger partial charge in [-0.15, -0.1) is 0 Å². The van der Waals surface area contributed by atoms with Gasteiger partial charge in [0.25, 0.3) is 0 Å². The van der Waals surface area contributed by atoms with Crippen molar-refractivity contribution in [3.63, 3.8) is 0 Å². The van der Waals surface area contributed by atoms with Crippen molar-refractivity contribution in [3.05, 3.63) is 35.4 Å². The lowest BCUT2D eigenvalue weighted by Crippen LogP contribution is -2.37. The number of halogens is 3. The number of carbonyl (C=O) groups excluding carboxylic acids is 1. The standard InChI is InChI=1S/C15H20F3NO2/c1-10(14(21)19(3)9-11(2)20)8-12-4-6-13(7-5-12)15(16,17)18/h4-7,10-11,20H,8-9H2,1-3H3/t10?,11-/m0/s1. The number of hydrogen-bond donors (Lipinski definition) is 1. The summed E-state index contributed by atoms with van der Waals surface area (Å²) in [5, 5.41) is 9.25.